The summed E-state index contributed by atoms with van der Waals surface area (Å²) in [6.45, 7) is 5.92. The van der Waals surface area contributed by atoms with Crippen LogP contribution < -0.4 is 5.56 Å². The fourth-order valence-electron chi connectivity index (χ4n) is 1.03. The van der Waals surface area contributed by atoms with E-state index in [0.717, 1.165) is 0 Å². The zero-order chi connectivity index (χ0) is 11.4. The van der Waals surface area contributed by atoms with Crippen LogP contribution in [-0.2, 0) is 0 Å². The summed E-state index contributed by atoms with van der Waals surface area (Å²) in [5.41, 5.74) is -0.138. The highest BCUT2D eigenvalue weighted by atomic mass is 32.2. The monoisotopic (exact) mass is 228 g/mol. The van der Waals surface area contributed by atoms with E-state index in [-0.39, 0.29) is 23.3 Å². The Hall–Kier alpha value is -0.810. The maximum absolute atomic E-state index is 11.3. The van der Waals surface area contributed by atoms with Crippen molar-refractivity contribution in [1.29, 1.82) is 0 Å². The number of rotatable bonds is 4. The van der Waals surface area contributed by atoms with Crippen molar-refractivity contribution in [2.75, 3.05) is 6.61 Å². The summed E-state index contributed by atoms with van der Waals surface area (Å²) in [5, 5.41) is 9.63. The lowest BCUT2D eigenvalue weighted by Gasteiger charge is -2.09. The van der Waals surface area contributed by atoms with Gasteiger partial charge in [-0.2, -0.15) is 0 Å². The van der Waals surface area contributed by atoms with Crippen molar-refractivity contribution in [2.24, 2.45) is 0 Å². The highest BCUT2D eigenvalue weighted by Gasteiger charge is 2.08. The van der Waals surface area contributed by atoms with Crippen LogP contribution in [0.25, 0.3) is 0 Å². The van der Waals surface area contributed by atoms with Crippen molar-refractivity contribution < 1.29 is 5.11 Å². The molecule has 15 heavy (non-hydrogen) atoms. The number of nitrogens with zero attached hydrogens (tertiary/aromatic N) is 1. The third-order valence-electron chi connectivity index (χ3n) is 1.86. The maximum Gasteiger partial charge on any atom is 0.251 e. The molecule has 0 spiro atoms. The molecule has 0 aliphatic carbocycles. The molecule has 0 radical (unpaired) electrons. The molecule has 1 unspecified atom stereocenters. The quantitative estimate of drug-likeness (QED) is 0.603. The van der Waals surface area contributed by atoms with Crippen LogP contribution in [-0.4, -0.2) is 26.9 Å². The van der Waals surface area contributed by atoms with Gasteiger partial charge in [0.1, 0.15) is 10.9 Å². The van der Waals surface area contributed by atoms with E-state index in [0.29, 0.717) is 10.9 Å². The first kappa shape index (κ1) is 12.3. The number of aliphatic hydroxyl groups excluding tert-OH is 1. The van der Waals surface area contributed by atoms with E-state index in [4.69, 9.17) is 5.11 Å². The largest absolute Gasteiger partial charge is 0.395 e. The van der Waals surface area contributed by atoms with Crippen molar-refractivity contribution in [1.82, 2.24) is 9.97 Å². The predicted octanol–water partition coefficient (Wildman–Crippen LogP) is 1.37. The fourth-order valence-corrected chi connectivity index (χ4v) is 1.84. The molecule has 2 N–H and O–H groups in total. The highest BCUT2D eigenvalue weighted by Crippen LogP contribution is 2.20. The molecule has 1 aromatic heterocycles. The van der Waals surface area contributed by atoms with Crippen LogP contribution in [0.3, 0.4) is 0 Å². The topological polar surface area (TPSA) is 66.0 Å². The molecular weight excluding hydrogens is 212 g/mol. The van der Waals surface area contributed by atoms with Gasteiger partial charge in [-0.25, -0.2) is 4.98 Å². The number of nitrogens with one attached hydrogen (secondary N) is 1. The minimum absolute atomic E-state index is 0.0549. The lowest BCUT2D eigenvalue weighted by atomic mass is 10.2. The van der Waals surface area contributed by atoms with Gasteiger partial charge in [0, 0.05) is 17.2 Å². The number of aromatic nitrogens is 2. The second kappa shape index (κ2) is 5.32. The van der Waals surface area contributed by atoms with Gasteiger partial charge in [-0.3, -0.25) is 4.79 Å². The summed E-state index contributed by atoms with van der Waals surface area (Å²) in [5.74, 6) is 0.887. The maximum atomic E-state index is 11.3. The Kier molecular flexibility index (Phi) is 4.35. The van der Waals surface area contributed by atoms with Gasteiger partial charge < -0.3 is 10.1 Å². The standard InChI is InChI=1S/C10H16N2O2S/c1-6(2)10-11-8(14)4-9(12-10)15-7(3)5-13/h4,6-7,13H,5H2,1-3H3,(H,11,12,14). The second-order valence-corrected chi connectivity index (χ2v) is 5.19. The van der Waals surface area contributed by atoms with E-state index in [1.165, 1.54) is 17.8 Å². The van der Waals surface area contributed by atoms with Gasteiger partial charge in [0.2, 0.25) is 0 Å². The van der Waals surface area contributed by atoms with Crippen molar-refractivity contribution in [3.63, 3.8) is 0 Å². The van der Waals surface area contributed by atoms with Gasteiger partial charge in [0.15, 0.2) is 0 Å². The zero-order valence-corrected chi connectivity index (χ0v) is 9.97. The summed E-state index contributed by atoms with van der Waals surface area (Å²) in [7, 11) is 0. The second-order valence-electron chi connectivity index (χ2n) is 3.73. The molecule has 0 saturated carbocycles. The van der Waals surface area contributed by atoms with E-state index in [2.05, 4.69) is 9.97 Å². The van der Waals surface area contributed by atoms with Crippen molar-refractivity contribution >= 4 is 11.8 Å². The summed E-state index contributed by atoms with van der Waals surface area (Å²) >= 11 is 1.41. The molecule has 1 atom stereocenters. The van der Waals surface area contributed by atoms with Crippen LogP contribution in [0.5, 0.6) is 0 Å². The number of aromatic amines is 1. The predicted molar refractivity (Wildman–Crippen MR) is 61.4 cm³/mol. The molecule has 0 fully saturated rings. The summed E-state index contributed by atoms with van der Waals surface area (Å²) in [4.78, 5) is 18.3. The lowest BCUT2D eigenvalue weighted by Crippen LogP contribution is -2.13. The molecule has 1 rings (SSSR count). The molecule has 0 aromatic carbocycles. The van der Waals surface area contributed by atoms with Gasteiger partial charge in [0.05, 0.1) is 6.61 Å². The van der Waals surface area contributed by atoms with Crippen LogP contribution >= 0.6 is 11.8 Å². The summed E-state index contributed by atoms with van der Waals surface area (Å²) < 4.78 is 0. The van der Waals surface area contributed by atoms with Gasteiger partial charge in [-0.15, -0.1) is 11.8 Å². The number of hydrogen-bond donors (Lipinski definition) is 2. The van der Waals surface area contributed by atoms with Crippen LogP contribution in [0.15, 0.2) is 15.9 Å². The number of hydrogen-bond acceptors (Lipinski definition) is 4. The van der Waals surface area contributed by atoms with Crippen LogP contribution in [0.2, 0.25) is 0 Å². The van der Waals surface area contributed by atoms with Crippen molar-refractivity contribution in [3.05, 3.63) is 22.2 Å². The minimum atomic E-state index is -0.138. The molecular formula is C10H16N2O2S. The van der Waals surface area contributed by atoms with Gasteiger partial charge in [-0.05, 0) is 0 Å². The molecule has 84 valence electrons. The molecule has 0 saturated heterocycles. The fraction of sp³-hybridized carbons (Fsp3) is 0.600. The Morgan fingerprint density at radius 3 is 2.73 bits per heavy atom. The minimum Gasteiger partial charge on any atom is -0.395 e. The highest BCUT2D eigenvalue weighted by molar-refractivity contribution is 7.99. The Morgan fingerprint density at radius 1 is 1.53 bits per heavy atom. The Labute approximate surface area is 93.1 Å². The molecule has 5 heteroatoms. The third kappa shape index (κ3) is 3.68. The Balaban J connectivity index is 2.94. The molecule has 0 bridgehead atoms. The van der Waals surface area contributed by atoms with E-state index in [1.54, 1.807) is 0 Å². The Bertz CT molecular complexity index is 376. The first-order chi connectivity index (χ1) is 7.02. The lowest BCUT2D eigenvalue weighted by molar-refractivity contribution is 0.300. The van der Waals surface area contributed by atoms with Crippen molar-refractivity contribution in [3.8, 4) is 0 Å². The number of aliphatic hydroxyl groups is 1. The van der Waals surface area contributed by atoms with E-state index >= 15 is 0 Å². The molecule has 0 aliphatic heterocycles. The van der Waals surface area contributed by atoms with E-state index in [1.807, 2.05) is 20.8 Å². The smallest absolute Gasteiger partial charge is 0.251 e. The van der Waals surface area contributed by atoms with Gasteiger partial charge in [-0.1, -0.05) is 20.8 Å². The average molecular weight is 228 g/mol. The molecule has 1 aromatic rings. The first-order valence-corrected chi connectivity index (χ1v) is 5.79. The molecule has 4 nitrogen and oxygen atoms in total. The zero-order valence-electron chi connectivity index (χ0n) is 9.15. The average Bonchev–Trinajstić information content (AvgIpc) is 2.16. The first-order valence-electron chi connectivity index (χ1n) is 4.91. The summed E-state index contributed by atoms with van der Waals surface area (Å²) in [6.07, 6.45) is 0. The van der Waals surface area contributed by atoms with E-state index in [9.17, 15) is 4.79 Å². The van der Waals surface area contributed by atoms with Gasteiger partial charge in [0.25, 0.3) is 5.56 Å². The van der Waals surface area contributed by atoms with Gasteiger partial charge >= 0.3 is 0 Å². The molecule has 0 amide bonds. The van der Waals surface area contributed by atoms with Crippen LogP contribution in [0.1, 0.15) is 32.5 Å². The number of H-pyrrole nitrogens is 1. The van der Waals surface area contributed by atoms with E-state index < -0.39 is 0 Å². The number of thioether (sulfide) groups is 1. The SMILES string of the molecule is CC(CO)Sc1cc(=O)[nH]c(C(C)C)n1. The van der Waals surface area contributed by atoms with Crippen molar-refractivity contribution in [2.45, 2.75) is 37.0 Å². The van der Waals surface area contributed by atoms with Crippen LogP contribution in [0, 0.1) is 0 Å². The third-order valence-corrected chi connectivity index (χ3v) is 2.86. The molecule has 1 heterocycles. The Morgan fingerprint density at radius 2 is 2.20 bits per heavy atom. The van der Waals surface area contributed by atoms with Crippen LogP contribution in [0.4, 0.5) is 0 Å². The molecule has 0 aliphatic rings. The summed E-state index contributed by atoms with van der Waals surface area (Å²) in [6, 6.07) is 1.46. The normalized spacial score (nSPS) is 13.1.